The van der Waals surface area contributed by atoms with E-state index in [0.717, 1.165) is 47.8 Å². The molecule has 2 heterocycles. The summed E-state index contributed by atoms with van der Waals surface area (Å²) in [5, 5.41) is 13.8. The van der Waals surface area contributed by atoms with E-state index in [0.29, 0.717) is 30.4 Å². The smallest absolute Gasteiger partial charge is 0.413 e. The molecule has 1 fully saturated rings. The normalized spacial score (nSPS) is 14.6. The molecule has 1 atom stereocenters. The Morgan fingerprint density at radius 1 is 1.00 bits per heavy atom. The van der Waals surface area contributed by atoms with Crippen molar-refractivity contribution in [2.24, 2.45) is 0 Å². The number of carbonyl (C=O) groups is 1. The van der Waals surface area contributed by atoms with Crippen molar-refractivity contribution in [2.75, 3.05) is 49.5 Å². The Balaban J connectivity index is 1.36. The Labute approximate surface area is 285 Å². The first-order valence-corrected chi connectivity index (χ1v) is 16.3. The van der Waals surface area contributed by atoms with E-state index < -0.39 is 23.8 Å². The van der Waals surface area contributed by atoms with Gasteiger partial charge in [0.15, 0.2) is 11.6 Å². The van der Waals surface area contributed by atoms with Crippen LogP contribution in [0.15, 0.2) is 60.8 Å². The molecule has 5 rings (SSSR count). The topological polar surface area (TPSA) is 94.1 Å². The van der Waals surface area contributed by atoms with Crippen molar-refractivity contribution in [3.8, 4) is 5.75 Å². The summed E-state index contributed by atoms with van der Waals surface area (Å²) in [4.78, 5) is 27.4. The molecule has 1 aromatic heterocycles. The number of amides is 1. The predicted molar refractivity (Wildman–Crippen MR) is 185 cm³/mol. The summed E-state index contributed by atoms with van der Waals surface area (Å²) in [7, 11) is 0. The fourth-order valence-electron chi connectivity index (χ4n) is 6.27. The van der Waals surface area contributed by atoms with E-state index in [1.807, 2.05) is 32.9 Å². The van der Waals surface area contributed by atoms with E-state index in [4.69, 9.17) is 16.3 Å². The number of anilines is 3. The van der Waals surface area contributed by atoms with E-state index in [1.54, 1.807) is 6.07 Å². The van der Waals surface area contributed by atoms with Gasteiger partial charge in [0.05, 0.1) is 6.04 Å². The van der Waals surface area contributed by atoms with Crippen molar-refractivity contribution in [3.05, 3.63) is 105 Å². The van der Waals surface area contributed by atoms with Gasteiger partial charge in [-0.2, -0.15) is 4.98 Å². The Morgan fingerprint density at radius 2 is 1.71 bits per heavy atom. The highest BCUT2D eigenvalue weighted by atomic mass is 35.5. The largest absolute Gasteiger partial charge is 0.489 e. The van der Waals surface area contributed by atoms with Gasteiger partial charge in [-0.1, -0.05) is 29.3 Å². The van der Waals surface area contributed by atoms with Crippen LogP contribution in [-0.2, 0) is 0 Å². The number of piperazine rings is 1. The Morgan fingerprint density at radius 3 is 2.35 bits per heavy atom. The number of ether oxygens (including phenoxy) is 1. The van der Waals surface area contributed by atoms with Gasteiger partial charge < -0.3 is 15.2 Å². The molecule has 12 heteroatoms. The van der Waals surface area contributed by atoms with Gasteiger partial charge in [-0.15, -0.1) is 0 Å². The maximum absolute atomic E-state index is 15.5. The second kappa shape index (κ2) is 15.3. The first-order chi connectivity index (χ1) is 22.9. The fraction of sp³-hybridized carbons (Fsp3) is 0.361. The van der Waals surface area contributed by atoms with Gasteiger partial charge in [0.1, 0.15) is 18.2 Å². The summed E-state index contributed by atoms with van der Waals surface area (Å²) in [6.45, 7) is 15.0. The SMILES string of the molecule is Cc1cc(C)c(C(c2cc(Cl)ccc2F)N(C(=O)O)c2ccnc(Nc3ccc(OCCN4CCN(C(C)C)CC4)c(F)c3)n2)c(C)c1. The minimum absolute atomic E-state index is 0.0154. The number of aryl methyl sites for hydroxylation is 3. The lowest BCUT2D eigenvalue weighted by Gasteiger charge is -2.36. The average Bonchev–Trinajstić information content (AvgIpc) is 3.02. The van der Waals surface area contributed by atoms with Crippen LogP contribution in [0.3, 0.4) is 0 Å². The third-order valence-corrected chi connectivity index (χ3v) is 8.84. The van der Waals surface area contributed by atoms with E-state index in [2.05, 4.69) is 38.9 Å². The molecule has 2 N–H and O–H groups in total. The highest BCUT2D eigenvalue weighted by Gasteiger charge is 2.34. The molecule has 0 radical (unpaired) electrons. The molecule has 0 spiro atoms. The quantitative estimate of drug-likeness (QED) is 0.166. The first kappa shape index (κ1) is 35.0. The Hall–Kier alpha value is -4.32. The number of halogens is 3. The molecule has 1 aliphatic rings. The summed E-state index contributed by atoms with van der Waals surface area (Å²) in [6, 6.07) is 13.1. The number of benzene rings is 3. The summed E-state index contributed by atoms with van der Waals surface area (Å²) in [5.74, 6) is -1.04. The number of rotatable bonds is 11. The molecular formula is C36H41ClF2N6O3. The fourth-order valence-corrected chi connectivity index (χ4v) is 6.45. The van der Waals surface area contributed by atoms with Gasteiger partial charge in [-0.3, -0.25) is 9.80 Å². The van der Waals surface area contributed by atoms with Crippen LogP contribution in [0.25, 0.3) is 0 Å². The van der Waals surface area contributed by atoms with Gasteiger partial charge in [-0.05, 0) is 87.7 Å². The standard InChI is InChI=1S/C36H41ClF2N6O3/c1-22(2)44-14-12-43(13-15-44)16-17-48-31-9-7-27(21-30(31)39)41-35-40-11-10-32(42-35)45(36(46)47)34(28-20-26(37)6-8-29(28)38)33-24(4)18-23(3)19-25(33)5/h6-11,18-22,34H,12-17H2,1-5H3,(H,46,47)(H,40,41,42). The maximum Gasteiger partial charge on any atom is 0.413 e. The average molecular weight is 679 g/mol. The lowest BCUT2D eigenvalue weighted by Crippen LogP contribution is -2.49. The van der Waals surface area contributed by atoms with Crippen LogP contribution in [-0.4, -0.2) is 76.3 Å². The van der Waals surface area contributed by atoms with Crippen LogP contribution in [0.2, 0.25) is 5.02 Å². The molecule has 0 bridgehead atoms. The number of hydrogen-bond donors (Lipinski definition) is 2. The molecule has 48 heavy (non-hydrogen) atoms. The van der Waals surface area contributed by atoms with Crippen molar-refractivity contribution in [1.82, 2.24) is 19.8 Å². The highest BCUT2D eigenvalue weighted by Crippen LogP contribution is 2.39. The van der Waals surface area contributed by atoms with E-state index >= 15 is 8.78 Å². The molecule has 3 aromatic carbocycles. The number of carboxylic acid groups (broad SMARTS) is 1. The third kappa shape index (κ3) is 8.21. The summed E-state index contributed by atoms with van der Waals surface area (Å²) < 4.78 is 36.3. The van der Waals surface area contributed by atoms with Crippen LogP contribution < -0.4 is 15.0 Å². The maximum atomic E-state index is 15.5. The van der Waals surface area contributed by atoms with Crippen molar-refractivity contribution >= 4 is 35.1 Å². The molecule has 1 aliphatic heterocycles. The van der Waals surface area contributed by atoms with Crippen molar-refractivity contribution in [3.63, 3.8) is 0 Å². The number of hydrogen-bond acceptors (Lipinski definition) is 7. The molecule has 1 unspecified atom stereocenters. The highest BCUT2D eigenvalue weighted by molar-refractivity contribution is 6.30. The summed E-state index contributed by atoms with van der Waals surface area (Å²) in [5.41, 5.74) is 3.56. The zero-order valence-electron chi connectivity index (χ0n) is 27.8. The monoisotopic (exact) mass is 678 g/mol. The molecule has 4 aromatic rings. The minimum Gasteiger partial charge on any atom is -0.489 e. The van der Waals surface area contributed by atoms with Crippen molar-refractivity contribution < 1.29 is 23.4 Å². The van der Waals surface area contributed by atoms with Crippen LogP contribution in [0.1, 0.15) is 47.7 Å². The molecule has 1 saturated heterocycles. The number of nitrogens with one attached hydrogen (secondary N) is 1. The van der Waals surface area contributed by atoms with E-state index in [1.165, 1.54) is 42.6 Å². The number of aromatic nitrogens is 2. The lowest BCUT2D eigenvalue weighted by atomic mass is 9.88. The molecule has 254 valence electrons. The van der Waals surface area contributed by atoms with Crippen LogP contribution in [0.5, 0.6) is 5.75 Å². The van der Waals surface area contributed by atoms with Gasteiger partial charge in [-0.25, -0.2) is 23.5 Å². The number of nitrogens with zero attached hydrogens (tertiary/aromatic N) is 5. The second-order valence-corrected chi connectivity index (χ2v) is 12.8. The Kier molecular flexibility index (Phi) is 11.1. The molecular weight excluding hydrogens is 638 g/mol. The van der Waals surface area contributed by atoms with Crippen LogP contribution in [0, 0.1) is 32.4 Å². The van der Waals surface area contributed by atoms with E-state index in [9.17, 15) is 9.90 Å². The zero-order chi connectivity index (χ0) is 34.5. The third-order valence-electron chi connectivity index (χ3n) is 8.61. The van der Waals surface area contributed by atoms with Gasteiger partial charge in [0, 0.05) is 67.3 Å². The van der Waals surface area contributed by atoms with Gasteiger partial charge in [0.2, 0.25) is 5.95 Å². The summed E-state index contributed by atoms with van der Waals surface area (Å²) >= 11 is 6.29. The predicted octanol–water partition coefficient (Wildman–Crippen LogP) is 7.76. The van der Waals surface area contributed by atoms with Crippen LogP contribution >= 0.6 is 11.6 Å². The van der Waals surface area contributed by atoms with Crippen molar-refractivity contribution in [1.29, 1.82) is 0 Å². The lowest BCUT2D eigenvalue weighted by molar-refractivity contribution is 0.0965. The summed E-state index contributed by atoms with van der Waals surface area (Å²) in [6.07, 6.45) is 0.0214. The molecule has 1 amide bonds. The van der Waals surface area contributed by atoms with Gasteiger partial charge >= 0.3 is 6.09 Å². The van der Waals surface area contributed by atoms with Crippen molar-refractivity contribution in [2.45, 2.75) is 46.7 Å². The van der Waals surface area contributed by atoms with Crippen LogP contribution in [0.4, 0.5) is 31.0 Å². The minimum atomic E-state index is -1.36. The van der Waals surface area contributed by atoms with Gasteiger partial charge in [0.25, 0.3) is 0 Å². The second-order valence-electron chi connectivity index (χ2n) is 12.4. The molecule has 0 saturated carbocycles. The Bertz CT molecular complexity index is 1740. The first-order valence-electron chi connectivity index (χ1n) is 15.9. The zero-order valence-corrected chi connectivity index (χ0v) is 28.6. The molecule has 0 aliphatic carbocycles. The van der Waals surface area contributed by atoms with E-state index in [-0.39, 0.29) is 28.1 Å². The molecule has 9 nitrogen and oxygen atoms in total.